The van der Waals surface area contributed by atoms with Gasteiger partial charge in [0, 0.05) is 18.7 Å². The normalized spacial score (nSPS) is 15.4. The Hall–Kier alpha value is -1.47. The van der Waals surface area contributed by atoms with E-state index in [0.717, 1.165) is 25.0 Å². The van der Waals surface area contributed by atoms with Crippen molar-refractivity contribution in [2.24, 2.45) is 5.92 Å². The second-order valence-electron chi connectivity index (χ2n) is 5.29. The predicted molar refractivity (Wildman–Crippen MR) is 75.3 cm³/mol. The van der Waals surface area contributed by atoms with Gasteiger partial charge in [-0.2, -0.15) is 4.31 Å². The number of rotatable bonds is 6. The molecule has 21 heavy (non-hydrogen) atoms. The van der Waals surface area contributed by atoms with Gasteiger partial charge in [0.2, 0.25) is 10.0 Å². The van der Waals surface area contributed by atoms with Gasteiger partial charge in [-0.15, -0.1) is 0 Å². The maximum atomic E-state index is 13.8. The van der Waals surface area contributed by atoms with E-state index in [0.29, 0.717) is 12.5 Å². The number of halogens is 1. The van der Waals surface area contributed by atoms with Gasteiger partial charge in [0.15, 0.2) is 0 Å². The van der Waals surface area contributed by atoms with Crippen LogP contribution in [-0.2, 0) is 10.0 Å². The highest BCUT2D eigenvalue weighted by Gasteiger charge is 2.32. The third kappa shape index (κ3) is 3.24. The summed E-state index contributed by atoms with van der Waals surface area (Å²) in [5, 5.41) is 8.97. The number of hydrogen-bond acceptors (Lipinski definition) is 3. The summed E-state index contributed by atoms with van der Waals surface area (Å²) in [5.74, 6) is -1.82. The quantitative estimate of drug-likeness (QED) is 0.873. The van der Waals surface area contributed by atoms with E-state index in [1.165, 1.54) is 11.2 Å². The number of sulfonamides is 1. The molecule has 0 radical (unpaired) electrons. The van der Waals surface area contributed by atoms with Crippen molar-refractivity contribution in [2.45, 2.75) is 31.6 Å². The molecule has 1 aromatic carbocycles. The highest BCUT2D eigenvalue weighted by Crippen LogP contribution is 2.32. The number of hydrogen-bond donors (Lipinski definition) is 1. The Morgan fingerprint density at radius 2 is 2.05 bits per heavy atom. The Labute approximate surface area is 123 Å². The van der Waals surface area contributed by atoms with E-state index >= 15 is 0 Å². The topological polar surface area (TPSA) is 74.7 Å². The lowest BCUT2D eigenvalue weighted by molar-refractivity contribution is 0.0696. The predicted octanol–water partition coefficient (Wildman–Crippen LogP) is 2.25. The van der Waals surface area contributed by atoms with Gasteiger partial charge in [-0.1, -0.05) is 6.92 Å². The van der Waals surface area contributed by atoms with Crippen LogP contribution in [0.5, 0.6) is 0 Å². The molecule has 1 aliphatic carbocycles. The standard InChI is InChI=1S/C14H18FNO4S/c1-3-16(8-10-4-5-10)21(19,20)13-7-11(14(17)18)6-12(15)9(13)2/h6-7,10H,3-5,8H2,1-2H3,(H,17,18). The summed E-state index contributed by atoms with van der Waals surface area (Å²) in [4.78, 5) is 10.7. The van der Waals surface area contributed by atoms with Crippen molar-refractivity contribution in [1.82, 2.24) is 4.31 Å². The molecule has 7 heteroatoms. The summed E-state index contributed by atoms with van der Waals surface area (Å²) in [5.41, 5.74) is -0.409. The molecule has 1 N–H and O–H groups in total. The van der Waals surface area contributed by atoms with Crippen LogP contribution in [0, 0.1) is 18.7 Å². The van der Waals surface area contributed by atoms with E-state index in [-0.39, 0.29) is 22.6 Å². The van der Waals surface area contributed by atoms with E-state index in [4.69, 9.17) is 5.11 Å². The molecule has 0 atom stereocenters. The Kier molecular flexibility index (Phi) is 4.34. The Morgan fingerprint density at radius 1 is 1.43 bits per heavy atom. The molecule has 0 unspecified atom stereocenters. The lowest BCUT2D eigenvalue weighted by Crippen LogP contribution is -2.33. The summed E-state index contributed by atoms with van der Waals surface area (Å²) in [6.45, 7) is 3.74. The van der Waals surface area contributed by atoms with Crippen LogP contribution in [0.3, 0.4) is 0 Å². The first-order valence-electron chi connectivity index (χ1n) is 6.81. The van der Waals surface area contributed by atoms with Gasteiger partial charge in [0.25, 0.3) is 0 Å². The minimum atomic E-state index is -3.89. The van der Waals surface area contributed by atoms with Gasteiger partial charge >= 0.3 is 5.97 Å². The first kappa shape index (κ1) is 15.9. The van der Waals surface area contributed by atoms with Crippen molar-refractivity contribution in [3.63, 3.8) is 0 Å². The molecular weight excluding hydrogens is 297 g/mol. The molecule has 0 bridgehead atoms. The van der Waals surface area contributed by atoms with E-state index in [9.17, 15) is 17.6 Å². The molecular formula is C14H18FNO4S. The smallest absolute Gasteiger partial charge is 0.335 e. The van der Waals surface area contributed by atoms with Gasteiger partial charge in [0.05, 0.1) is 10.5 Å². The third-order valence-corrected chi connectivity index (χ3v) is 5.74. The third-order valence-electron chi connectivity index (χ3n) is 3.67. The molecule has 1 aromatic rings. The van der Waals surface area contributed by atoms with Crippen molar-refractivity contribution in [3.05, 3.63) is 29.1 Å². The van der Waals surface area contributed by atoms with Gasteiger partial charge in [-0.25, -0.2) is 17.6 Å². The van der Waals surface area contributed by atoms with E-state index in [1.54, 1.807) is 6.92 Å². The van der Waals surface area contributed by atoms with Crippen LogP contribution >= 0.6 is 0 Å². The Morgan fingerprint density at radius 3 is 2.52 bits per heavy atom. The second kappa shape index (κ2) is 5.73. The summed E-state index contributed by atoms with van der Waals surface area (Å²) in [6.07, 6.45) is 1.99. The van der Waals surface area contributed by atoms with Crippen LogP contribution in [0.4, 0.5) is 4.39 Å². The minimum Gasteiger partial charge on any atom is -0.478 e. The van der Waals surface area contributed by atoms with Crippen molar-refractivity contribution < 1.29 is 22.7 Å². The fourth-order valence-corrected chi connectivity index (χ4v) is 3.96. The van der Waals surface area contributed by atoms with Crippen LogP contribution in [0.2, 0.25) is 0 Å². The molecule has 0 aliphatic heterocycles. The molecule has 1 aliphatic rings. The summed E-state index contributed by atoms with van der Waals surface area (Å²) in [6, 6.07) is 1.87. The highest BCUT2D eigenvalue weighted by atomic mass is 32.2. The maximum absolute atomic E-state index is 13.8. The molecule has 0 spiro atoms. The molecule has 2 rings (SSSR count). The highest BCUT2D eigenvalue weighted by molar-refractivity contribution is 7.89. The summed E-state index contributed by atoms with van der Waals surface area (Å²) < 4.78 is 40.4. The number of nitrogens with zero attached hydrogens (tertiary/aromatic N) is 1. The molecule has 0 amide bonds. The van der Waals surface area contributed by atoms with Crippen LogP contribution in [0.15, 0.2) is 17.0 Å². The van der Waals surface area contributed by atoms with Crippen LogP contribution < -0.4 is 0 Å². The lowest BCUT2D eigenvalue weighted by atomic mass is 10.1. The first-order chi connectivity index (χ1) is 9.77. The number of benzene rings is 1. The number of carboxylic acids is 1. The van der Waals surface area contributed by atoms with Gasteiger partial charge in [-0.05, 0) is 37.8 Å². The second-order valence-corrected chi connectivity index (χ2v) is 7.19. The number of aromatic carboxylic acids is 1. The van der Waals surface area contributed by atoms with E-state index in [1.807, 2.05) is 0 Å². The average Bonchev–Trinajstić information content (AvgIpc) is 3.22. The average molecular weight is 315 g/mol. The molecule has 1 fully saturated rings. The zero-order valence-corrected chi connectivity index (χ0v) is 12.8. The molecule has 1 saturated carbocycles. The first-order valence-corrected chi connectivity index (χ1v) is 8.25. The minimum absolute atomic E-state index is 0.0470. The summed E-state index contributed by atoms with van der Waals surface area (Å²) >= 11 is 0. The van der Waals surface area contributed by atoms with Crippen LogP contribution in [0.25, 0.3) is 0 Å². The van der Waals surface area contributed by atoms with E-state index < -0.39 is 21.8 Å². The van der Waals surface area contributed by atoms with Gasteiger partial charge in [0.1, 0.15) is 5.82 Å². The summed E-state index contributed by atoms with van der Waals surface area (Å²) in [7, 11) is -3.89. The largest absolute Gasteiger partial charge is 0.478 e. The Bertz CT molecular complexity index is 668. The molecule has 0 aromatic heterocycles. The van der Waals surface area contributed by atoms with Crippen molar-refractivity contribution in [2.75, 3.05) is 13.1 Å². The number of carbonyl (C=O) groups is 1. The SMILES string of the molecule is CCN(CC1CC1)S(=O)(=O)c1cc(C(=O)O)cc(F)c1C. The lowest BCUT2D eigenvalue weighted by Gasteiger charge is -2.21. The fourth-order valence-electron chi connectivity index (χ4n) is 2.17. The zero-order chi connectivity index (χ0) is 15.8. The Balaban J connectivity index is 2.49. The van der Waals surface area contributed by atoms with Crippen molar-refractivity contribution in [3.8, 4) is 0 Å². The van der Waals surface area contributed by atoms with E-state index in [2.05, 4.69) is 0 Å². The van der Waals surface area contributed by atoms with Gasteiger partial charge in [-0.3, -0.25) is 0 Å². The number of carboxylic acid groups (broad SMARTS) is 1. The fraction of sp³-hybridized carbons (Fsp3) is 0.500. The van der Waals surface area contributed by atoms with Crippen molar-refractivity contribution >= 4 is 16.0 Å². The molecule has 5 nitrogen and oxygen atoms in total. The maximum Gasteiger partial charge on any atom is 0.335 e. The zero-order valence-electron chi connectivity index (χ0n) is 12.0. The molecule has 0 heterocycles. The molecule has 0 saturated heterocycles. The molecule has 116 valence electrons. The van der Waals surface area contributed by atoms with Gasteiger partial charge < -0.3 is 5.11 Å². The van der Waals surface area contributed by atoms with Crippen molar-refractivity contribution in [1.29, 1.82) is 0 Å². The monoisotopic (exact) mass is 315 g/mol. The van der Waals surface area contributed by atoms with Crippen LogP contribution in [-0.4, -0.2) is 36.9 Å². The van der Waals surface area contributed by atoms with Crippen LogP contribution in [0.1, 0.15) is 35.7 Å².